The fraction of sp³-hybridized carbons (Fsp3) is 0.457. The lowest BCUT2D eigenvalue weighted by Gasteiger charge is -2.23. The Morgan fingerprint density at radius 3 is 1.98 bits per heavy atom. The molecule has 7 rings (SSSR count). The van der Waals surface area contributed by atoms with Crippen molar-refractivity contribution < 1.29 is 58.8 Å². The Hall–Kier alpha value is -3.67. The molecule has 10 nitrogen and oxygen atoms in total. The highest BCUT2D eigenvalue weighted by Crippen LogP contribution is 2.37. The summed E-state index contributed by atoms with van der Waals surface area (Å²) in [7, 11) is -3.82. The van der Waals surface area contributed by atoms with Crippen LogP contribution >= 0.6 is 0 Å². The topological polar surface area (TPSA) is 113 Å². The molecular weight excluding hydrogens is 703 g/mol. The van der Waals surface area contributed by atoms with Gasteiger partial charge in [-0.3, -0.25) is 4.79 Å². The van der Waals surface area contributed by atoms with Gasteiger partial charge in [0.2, 0.25) is 0 Å². The maximum atomic E-state index is 13.4. The number of carbonyl (C=O) groups is 1. The monoisotopic (exact) mass is 740 g/mol. The third-order valence-corrected chi connectivity index (χ3v) is 10.0. The van der Waals surface area contributed by atoms with E-state index in [4.69, 9.17) is 23.7 Å². The van der Waals surface area contributed by atoms with Gasteiger partial charge in [0.05, 0.1) is 50.1 Å². The second kappa shape index (κ2) is 15.1. The first-order valence-electron chi connectivity index (χ1n) is 16.2. The summed E-state index contributed by atoms with van der Waals surface area (Å²) in [4.78, 5) is 14.3. The van der Waals surface area contributed by atoms with Gasteiger partial charge in [-0.2, -0.15) is 22.0 Å². The number of rotatable bonds is 7. The Bertz CT molecular complexity index is 1840. The molecule has 3 aromatic carbocycles. The summed E-state index contributed by atoms with van der Waals surface area (Å²) in [6.07, 6.45) is -5.12. The molecule has 0 bridgehead atoms. The first-order chi connectivity index (χ1) is 24.2. The predicted molar refractivity (Wildman–Crippen MR) is 172 cm³/mol. The summed E-state index contributed by atoms with van der Waals surface area (Å²) in [5.41, 5.74) is 6.07. The summed E-state index contributed by atoms with van der Waals surface area (Å²) < 4.78 is 115. The molecule has 1 N–H and O–H groups in total. The summed E-state index contributed by atoms with van der Waals surface area (Å²) in [6.45, 7) is 3.58. The van der Waals surface area contributed by atoms with Crippen LogP contribution in [0.3, 0.4) is 0 Å². The van der Waals surface area contributed by atoms with Gasteiger partial charge in [-0.05, 0) is 51.6 Å². The molecule has 2 fully saturated rings. The number of benzene rings is 3. The molecule has 276 valence electrons. The molecule has 0 aromatic heterocycles. The van der Waals surface area contributed by atoms with E-state index in [0.717, 1.165) is 60.8 Å². The van der Waals surface area contributed by atoms with Crippen LogP contribution in [0.25, 0.3) is 0 Å². The standard InChI is InChI=1S/C23H22F5NO6S.C12H15NO2/c1-36(31,32)17-4-5-19(35-13-22(24,25)23(26,27)28)18(9-17)21(30)29-10-15-3-2-14(8-16(15)11-29)20-12-33-6-7-34-20;1-2-10-6-13-7-11(10)5-9(1)12-8-14-3-4-15-12/h2-5,8-9,20H,6-7,10-13H2,1H3;1-2,5,12-13H,3-4,6-8H2. The first-order valence-corrected chi connectivity index (χ1v) is 18.1. The molecular formula is C35H37F5N2O8S. The minimum atomic E-state index is -5.86. The van der Waals surface area contributed by atoms with E-state index in [0.29, 0.717) is 33.0 Å². The van der Waals surface area contributed by atoms with E-state index in [9.17, 15) is 35.2 Å². The second-order valence-electron chi connectivity index (χ2n) is 12.6. The number of carbonyl (C=O) groups excluding carboxylic acids is 1. The van der Waals surface area contributed by atoms with Crippen molar-refractivity contribution in [3.8, 4) is 5.75 Å². The normalized spacial score (nSPS) is 20.6. The van der Waals surface area contributed by atoms with Crippen molar-refractivity contribution in [1.29, 1.82) is 0 Å². The van der Waals surface area contributed by atoms with Gasteiger partial charge in [-0.25, -0.2) is 8.42 Å². The van der Waals surface area contributed by atoms with Gasteiger partial charge in [-0.1, -0.05) is 36.4 Å². The number of alkyl halides is 5. The van der Waals surface area contributed by atoms with E-state index in [1.54, 1.807) is 0 Å². The zero-order valence-electron chi connectivity index (χ0n) is 27.6. The largest absolute Gasteiger partial charge is 0.486 e. The highest BCUT2D eigenvalue weighted by Gasteiger charge is 2.58. The SMILES string of the molecule is CS(=O)(=O)c1ccc(OCC(F)(F)C(F)(F)F)c(C(=O)N2Cc3ccc(C4COCCO4)cc3C2)c1.c1cc2c(cc1C1COCCO1)CNC2. The summed E-state index contributed by atoms with van der Waals surface area (Å²) >= 11 is 0. The van der Waals surface area contributed by atoms with Crippen LogP contribution in [0.2, 0.25) is 0 Å². The van der Waals surface area contributed by atoms with Crippen molar-refractivity contribution in [2.75, 3.05) is 52.5 Å². The lowest BCUT2D eigenvalue weighted by atomic mass is 10.0. The van der Waals surface area contributed by atoms with Crippen molar-refractivity contribution in [2.24, 2.45) is 0 Å². The Labute approximate surface area is 291 Å². The number of amides is 1. The van der Waals surface area contributed by atoms with Crippen LogP contribution < -0.4 is 10.1 Å². The van der Waals surface area contributed by atoms with E-state index < -0.39 is 45.8 Å². The fourth-order valence-corrected chi connectivity index (χ4v) is 6.73. The molecule has 0 spiro atoms. The molecule has 0 saturated carbocycles. The Kier molecular flexibility index (Phi) is 11.0. The third-order valence-electron chi connectivity index (χ3n) is 8.91. The number of nitrogens with one attached hydrogen (secondary N) is 1. The molecule has 4 heterocycles. The minimum Gasteiger partial charge on any atom is -0.486 e. The molecule has 16 heteroatoms. The lowest BCUT2D eigenvalue weighted by Crippen LogP contribution is -2.42. The number of halogens is 5. The van der Waals surface area contributed by atoms with Gasteiger partial charge >= 0.3 is 12.1 Å². The maximum absolute atomic E-state index is 13.4. The summed E-state index contributed by atoms with van der Waals surface area (Å²) in [6, 6.07) is 14.9. The number of ether oxygens (including phenoxy) is 5. The van der Waals surface area contributed by atoms with Gasteiger partial charge in [0.1, 0.15) is 18.0 Å². The molecule has 2 unspecified atom stereocenters. The Morgan fingerprint density at radius 2 is 1.39 bits per heavy atom. The quantitative estimate of drug-likeness (QED) is 0.323. The summed E-state index contributed by atoms with van der Waals surface area (Å²) in [5, 5.41) is 3.35. The molecule has 3 aromatic rings. The molecule has 0 radical (unpaired) electrons. The van der Waals surface area contributed by atoms with Crippen molar-refractivity contribution >= 4 is 15.7 Å². The second-order valence-corrected chi connectivity index (χ2v) is 14.6. The van der Waals surface area contributed by atoms with Crippen LogP contribution in [0.5, 0.6) is 5.75 Å². The number of fused-ring (bicyclic) bond motifs is 2. The minimum absolute atomic E-state index is 0.108. The van der Waals surface area contributed by atoms with E-state index in [2.05, 4.69) is 23.5 Å². The average Bonchev–Trinajstić information content (AvgIpc) is 3.77. The van der Waals surface area contributed by atoms with Crippen molar-refractivity contribution in [2.45, 2.75) is 55.4 Å². The lowest BCUT2D eigenvalue weighted by molar-refractivity contribution is -0.290. The number of hydrogen-bond acceptors (Lipinski definition) is 9. The van der Waals surface area contributed by atoms with Crippen LogP contribution in [0.4, 0.5) is 22.0 Å². The zero-order valence-corrected chi connectivity index (χ0v) is 28.5. The van der Waals surface area contributed by atoms with E-state index in [1.807, 2.05) is 18.2 Å². The highest BCUT2D eigenvalue weighted by molar-refractivity contribution is 7.90. The molecule has 4 aliphatic rings. The van der Waals surface area contributed by atoms with Crippen LogP contribution in [-0.4, -0.2) is 83.8 Å². The van der Waals surface area contributed by atoms with E-state index in [1.165, 1.54) is 21.6 Å². The van der Waals surface area contributed by atoms with Gasteiger partial charge in [0, 0.05) is 32.4 Å². The molecule has 51 heavy (non-hydrogen) atoms. The van der Waals surface area contributed by atoms with E-state index >= 15 is 0 Å². The smallest absolute Gasteiger partial charge is 0.456 e. The number of hydrogen-bond donors (Lipinski definition) is 1. The fourth-order valence-electron chi connectivity index (χ4n) is 6.09. The molecule has 1 amide bonds. The van der Waals surface area contributed by atoms with Gasteiger partial charge in [0.15, 0.2) is 16.4 Å². The molecule has 2 atom stereocenters. The van der Waals surface area contributed by atoms with Crippen LogP contribution in [-0.2, 0) is 55.0 Å². The first kappa shape index (κ1) is 37.1. The zero-order chi connectivity index (χ0) is 36.4. The third kappa shape index (κ3) is 8.69. The van der Waals surface area contributed by atoms with Gasteiger partial charge in [0.25, 0.3) is 5.91 Å². The van der Waals surface area contributed by atoms with Crippen molar-refractivity contribution in [3.63, 3.8) is 0 Å². The Morgan fingerprint density at radius 1 is 0.804 bits per heavy atom. The molecule has 0 aliphatic carbocycles. The van der Waals surface area contributed by atoms with Crippen molar-refractivity contribution in [1.82, 2.24) is 10.2 Å². The van der Waals surface area contributed by atoms with Crippen LogP contribution in [0.15, 0.2) is 59.5 Å². The van der Waals surface area contributed by atoms with Crippen LogP contribution in [0.1, 0.15) is 55.9 Å². The number of sulfone groups is 1. The molecule has 4 aliphatic heterocycles. The highest BCUT2D eigenvalue weighted by atomic mass is 32.2. The van der Waals surface area contributed by atoms with Gasteiger partial charge < -0.3 is 33.9 Å². The predicted octanol–water partition coefficient (Wildman–Crippen LogP) is 5.29. The van der Waals surface area contributed by atoms with Crippen LogP contribution in [0, 0.1) is 0 Å². The van der Waals surface area contributed by atoms with Crippen molar-refractivity contribution in [3.05, 3.63) is 93.5 Å². The maximum Gasteiger partial charge on any atom is 0.456 e. The number of nitrogens with zero attached hydrogens (tertiary/aromatic N) is 1. The summed E-state index contributed by atoms with van der Waals surface area (Å²) in [5.74, 6) is -6.53. The average molecular weight is 741 g/mol. The van der Waals surface area contributed by atoms with E-state index in [-0.39, 0.29) is 30.2 Å². The molecule has 2 saturated heterocycles. The van der Waals surface area contributed by atoms with Gasteiger partial charge in [-0.15, -0.1) is 0 Å². The Balaban J connectivity index is 0.000000246.